The number of hydrogen-bond donors (Lipinski definition) is 1. The molecule has 1 N–H and O–H groups in total. The minimum Gasteiger partial charge on any atom is -0.342 e. The molecule has 10 heteroatoms. The fraction of sp³-hybridized carbons (Fsp3) is 0.632. The molecule has 0 unspecified atom stereocenters. The van der Waals surface area contributed by atoms with Crippen molar-refractivity contribution < 1.29 is 41.7 Å². The molecule has 3 heterocycles. The summed E-state index contributed by atoms with van der Waals surface area (Å²) in [7, 11) is 0. The molecule has 160 valence electrons. The maximum atomic E-state index is 13.3. The predicted octanol–water partition coefficient (Wildman–Crippen LogP) is 3.04. The fourth-order valence-electron chi connectivity index (χ4n) is 3.87. The van der Waals surface area contributed by atoms with Gasteiger partial charge in [0.2, 0.25) is 0 Å². The largest absolute Gasteiger partial charge is 0.418 e. The molecular weight excluding hydrogens is 395 g/mol. The Hall–Kier alpha value is -1.72. The maximum Gasteiger partial charge on any atom is 0.418 e. The Morgan fingerprint density at radius 2 is 1.52 bits per heavy atom. The number of halogens is 3. The van der Waals surface area contributed by atoms with E-state index in [1.54, 1.807) is 27.7 Å². The van der Waals surface area contributed by atoms with Crippen LogP contribution in [0.4, 0.5) is 18.9 Å². The quantitative estimate of drug-likeness (QED) is 0.797. The third-order valence-corrected chi connectivity index (χ3v) is 4.90. The second kappa shape index (κ2) is 6.64. The van der Waals surface area contributed by atoms with Gasteiger partial charge in [-0.25, -0.2) is 0 Å². The van der Waals surface area contributed by atoms with Gasteiger partial charge in [-0.3, -0.25) is 4.79 Å². The number of amides is 1. The average Bonchev–Trinajstić information content (AvgIpc) is 3.07. The summed E-state index contributed by atoms with van der Waals surface area (Å²) < 4.78 is 68.8. The van der Waals surface area contributed by atoms with Crippen molar-refractivity contribution in [3.05, 3.63) is 29.8 Å². The molecule has 0 spiro atoms. The summed E-state index contributed by atoms with van der Waals surface area (Å²) in [6, 6.07) is 4.72. The van der Waals surface area contributed by atoms with Gasteiger partial charge in [0.15, 0.2) is 24.0 Å². The van der Waals surface area contributed by atoms with Gasteiger partial charge in [0, 0.05) is 0 Å². The van der Waals surface area contributed by atoms with Crippen LogP contribution in [0.2, 0.25) is 0 Å². The highest BCUT2D eigenvalue weighted by atomic mass is 19.4. The van der Waals surface area contributed by atoms with Crippen molar-refractivity contribution >= 4 is 11.6 Å². The van der Waals surface area contributed by atoms with Gasteiger partial charge in [0.25, 0.3) is 5.91 Å². The number of anilines is 1. The van der Waals surface area contributed by atoms with Crippen LogP contribution in [0.1, 0.15) is 33.3 Å². The molecule has 1 aromatic carbocycles. The van der Waals surface area contributed by atoms with E-state index in [1.807, 2.05) is 0 Å². The lowest BCUT2D eigenvalue weighted by molar-refractivity contribution is -0.229. The maximum absolute atomic E-state index is 13.3. The topological polar surface area (TPSA) is 75.3 Å². The Bertz CT molecular complexity index is 811. The number of nitrogens with one attached hydrogen (secondary N) is 1. The Labute approximate surface area is 165 Å². The zero-order chi connectivity index (χ0) is 21.2. The number of rotatable bonds is 2. The van der Waals surface area contributed by atoms with Gasteiger partial charge < -0.3 is 29.0 Å². The van der Waals surface area contributed by atoms with Gasteiger partial charge in [-0.1, -0.05) is 12.1 Å². The Kier molecular flexibility index (Phi) is 4.71. The fourth-order valence-corrected chi connectivity index (χ4v) is 3.87. The van der Waals surface area contributed by atoms with Crippen LogP contribution >= 0.6 is 0 Å². The summed E-state index contributed by atoms with van der Waals surface area (Å²) in [5.74, 6) is -2.78. The molecule has 7 nitrogen and oxygen atoms in total. The molecule has 1 amide bonds. The van der Waals surface area contributed by atoms with Gasteiger partial charge in [0.1, 0.15) is 18.3 Å². The molecule has 29 heavy (non-hydrogen) atoms. The highest BCUT2D eigenvalue weighted by Crippen LogP contribution is 2.44. The number of hydrogen-bond acceptors (Lipinski definition) is 6. The van der Waals surface area contributed by atoms with Crippen LogP contribution in [0.15, 0.2) is 24.3 Å². The van der Waals surface area contributed by atoms with Crippen LogP contribution < -0.4 is 5.32 Å². The third kappa shape index (κ3) is 3.87. The van der Waals surface area contributed by atoms with Crippen LogP contribution in [-0.4, -0.2) is 48.2 Å². The van der Waals surface area contributed by atoms with Gasteiger partial charge in [-0.05, 0) is 39.8 Å². The first-order valence-electron chi connectivity index (χ1n) is 9.20. The monoisotopic (exact) mass is 417 g/mol. The third-order valence-electron chi connectivity index (χ3n) is 4.90. The molecule has 5 atom stereocenters. The number of alkyl halides is 3. The van der Waals surface area contributed by atoms with Crippen LogP contribution in [0, 0.1) is 0 Å². The van der Waals surface area contributed by atoms with Crippen LogP contribution in [-0.2, 0) is 34.7 Å². The lowest BCUT2D eigenvalue weighted by Crippen LogP contribution is -2.58. The summed E-state index contributed by atoms with van der Waals surface area (Å²) in [6.07, 6.45) is -8.98. The van der Waals surface area contributed by atoms with Crippen molar-refractivity contribution in [2.75, 3.05) is 5.32 Å². The Balaban J connectivity index is 1.60. The van der Waals surface area contributed by atoms with E-state index >= 15 is 0 Å². The molecule has 3 aliphatic rings. The van der Waals surface area contributed by atoms with E-state index in [1.165, 1.54) is 18.2 Å². The van der Waals surface area contributed by atoms with Crippen LogP contribution in [0.3, 0.4) is 0 Å². The Morgan fingerprint density at radius 1 is 0.931 bits per heavy atom. The molecule has 0 aromatic heterocycles. The first-order chi connectivity index (χ1) is 13.4. The van der Waals surface area contributed by atoms with E-state index in [0.717, 1.165) is 6.07 Å². The number of para-hydroxylation sites is 1. The smallest absolute Gasteiger partial charge is 0.342 e. The predicted molar refractivity (Wildman–Crippen MR) is 92.6 cm³/mol. The number of carbonyl (C=O) groups is 1. The lowest BCUT2D eigenvalue weighted by atomic mass is 9.98. The Morgan fingerprint density at radius 3 is 2.21 bits per heavy atom. The molecule has 0 bridgehead atoms. The molecule has 4 rings (SSSR count). The van der Waals surface area contributed by atoms with E-state index in [9.17, 15) is 18.0 Å². The molecule has 0 saturated carbocycles. The molecule has 1 aromatic rings. The standard InChI is InChI=1S/C19H22F3NO6/c1-17(2)26-11-12(27-17)14-16(29-18(3,4)28-14)25-13(11)15(24)23-10-8-6-5-7-9(10)19(20,21)22/h5-8,11-14,16H,1-4H3,(H,23,24)/t11-,12+,13-,14+,16+/m1/s1. The van der Waals surface area contributed by atoms with Crippen molar-refractivity contribution in [2.45, 2.75) is 76.2 Å². The van der Waals surface area contributed by atoms with E-state index in [2.05, 4.69) is 5.32 Å². The molecule has 0 aliphatic carbocycles. The molecule has 0 radical (unpaired) electrons. The summed E-state index contributed by atoms with van der Waals surface area (Å²) in [4.78, 5) is 12.9. The second-order valence-electron chi connectivity index (χ2n) is 8.12. The normalized spacial score (nSPS) is 35.1. The minimum atomic E-state index is -4.62. The average molecular weight is 417 g/mol. The van der Waals surface area contributed by atoms with Crippen molar-refractivity contribution in [1.82, 2.24) is 0 Å². The molecule has 3 fully saturated rings. The number of fused-ring (bicyclic) bond motifs is 3. The second-order valence-corrected chi connectivity index (χ2v) is 8.12. The summed E-state index contributed by atoms with van der Waals surface area (Å²) in [5, 5.41) is 2.31. The zero-order valence-corrected chi connectivity index (χ0v) is 16.3. The minimum absolute atomic E-state index is 0.366. The molecule has 3 aliphatic heterocycles. The van der Waals surface area contributed by atoms with E-state index in [0.29, 0.717) is 0 Å². The van der Waals surface area contributed by atoms with Crippen molar-refractivity contribution in [2.24, 2.45) is 0 Å². The molecular formula is C19H22F3NO6. The van der Waals surface area contributed by atoms with Crippen molar-refractivity contribution in [3.63, 3.8) is 0 Å². The van der Waals surface area contributed by atoms with E-state index in [4.69, 9.17) is 23.7 Å². The molecule has 3 saturated heterocycles. The van der Waals surface area contributed by atoms with Gasteiger partial charge in [-0.2, -0.15) is 13.2 Å². The van der Waals surface area contributed by atoms with Crippen molar-refractivity contribution in [1.29, 1.82) is 0 Å². The zero-order valence-electron chi connectivity index (χ0n) is 16.3. The van der Waals surface area contributed by atoms with Gasteiger partial charge in [0.05, 0.1) is 11.3 Å². The van der Waals surface area contributed by atoms with Gasteiger partial charge >= 0.3 is 6.18 Å². The SMILES string of the molecule is CC1(C)O[C@@H]2O[C@@H](C(=O)Nc3ccccc3C(F)(F)F)[C@@H]3OC(C)(C)O[C@@H]3[C@@H]2O1. The summed E-state index contributed by atoms with van der Waals surface area (Å²) in [5.41, 5.74) is -1.32. The summed E-state index contributed by atoms with van der Waals surface area (Å²) in [6.45, 7) is 6.74. The van der Waals surface area contributed by atoms with Crippen LogP contribution in [0.5, 0.6) is 0 Å². The van der Waals surface area contributed by atoms with E-state index in [-0.39, 0.29) is 5.69 Å². The highest BCUT2D eigenvalue weighted by molar-refractivity contribution is 5.95. The first kappa shape index (κ1) is 20.5. The first-order valence-corrected chi connectivity index (χ1v) is 9.20. The highest BCUT2D eigenvalue weighted by Gasteiger charge is 2.62. The number of benzene rings is 1. The van der Waals surface area contributed by atoms with Gasteiger partial charge in [-0.15, -0.1) is 0 Å². The van der Waals surface area contributed by atoms with Crippen molar-refractivity contribution in [3.8, 4) is 0 Å². The van der Waals surface area contributed by atoms with Crippen LogP contribution in [0.25, 0.3) is 0 Å². The number of carbonyl (C=O) groups excluding carboxylic acids is 1. The summed E-state index contributed by atoms with van der Waals surface area (Å²) >= 11 is 0. The lowest BCUT2D eigenvalue weighted by Gasteiger charge is -2.36. The number of ether oxygens (including phenoxy) is 5. The van der Waals surface area contributed by atoms with E-state index < -0.39 is 59.9 Å².